The van der Waals surface area contributed by atoms with E-state index in [4.69, 9.17) is 4.74 Å². The van der Waals surface area contributed by atoms with Crippen molar-refractivity contribution >= 4 is 10.9 Å². The zero-order valence-corrected chi connectivity index (χ0v) is 12.1. The van der Waals surface area contributed by atoms with Crippen molar-refractivity contribution in [3.05, 3.63) is 65.4 Å². The molecule has 1 unspecified atom stereocenters. The number of hydrogen-bond acceptors (Lipinski definition) is 1. The summed E-state index contributed by atoms with van der Waals surface area (Å²) in [5.41, 5.74) is 5.40. The fourth-order valence-corrected chi connectivity index (χ4v) is 3.38. The Labute approximate surface area is 123 Å². The molecule has 3 nitrogen and oxygen atoms in total. The SMILES string of the molecule is COc1ccc(C2[NH2+]CCc3c2[nH]c2ccccc32)cc1. The summed E-state index contributed by atoms with van der Waals surface area (Å²) in [5, 5.41) is 3.79. The number of rotatable bonds is 2. The number of hydrogen-bond donors (Lipinski definition) is 2. The van der Waals surface area contributed by atoms with E-state index in [0.29, 0.717) is 6.04 Å². The number of H-pyrrole nitrogens is 1. The Balaban J connectivity index is 1.82. The van der Waals surface area contributed by atoms with Crippen molar-refractivity contribution < 1.29 is 10.1 Å². The Morgan fingerprint density at radius 1 is 1.10 bits per heavy atom. The van der Waals surface area contributed by atoms with Gasteiger partial charge in [-0.2, -0.15) is 0 Å². The molecule has 0 fully saturated rings. The highest BCUT2D eigenvalue weighted by molar-refractivity contribution is 5.85. The van der Waals surface area contributed by atoms with E-state index in [1.807, 2.05) is 12.1 Å². The molecule has 0 aliphatic carbocycles. The molecule has 21 heavy (non-hydrogen) atoms. The van der Waals surface area contributed by atoms with Crippen molar-refractivity contribution in [1.82, 2.24) is 4.98 Å². The zero-order valence-electron chi connectivity index (χ0n) is 12.1. The van der Waals surface area contributed by atoms with Crippen LogP contribution in [-0.4, -0.2) is 18.6 Å². The maximum Gasteiger partial charge on any atom is 0.153 e. The van der Waals surface area contributed by atoms with Crippen LogP contribution in [0.3, 0.4) is 0 Å². The Morgan fingerprint density at radius 3 is 2.71 bits per heavy atom. The van der Waals surface area contributed by atoms with Crippen LogP contribution >= 0.6 is 0 Å². The van der Waals surface area contributed by atoms with Gasteiger partial charge in [-0.3, -0.25) is 0 Å². The second-order valence-corrected chi connectivity index (χ2v) is 5.59. The van der Waals surface area contributed by atoms with Crippen molar-refractivity contribution in [2.75, 3.05) is 13.7 Å². The molecule has 106 valence electrons. The number of benzene rings is 2. The lowest BCUT2D eigenvalue weighted by Crippen LogP contribution is -2.87. The van der Waals surface area contributed by atoms with Gasteiger partial charge in [0.15, 0.2) is 6.04 Å². The molecule has 3 heteroatoms. The quantitative estimate of drug-likeness (QED) is 0.743. The molecule has 0 amide bonds. The largest absolute Gasteiger partial charge is 0.497 e. The Kier molecular flexibility index (Phi) is 2.93. The van der Waals surface area contributed by atoms with E-state index in [9.17, 15) is 0 Å². The van der Waals surface area contributed by atoms with Crippen LogP contribution in [0.5, 0.6) is 5.75 Å². The summed E-state index contributed by atoms with van der Waals surface area (Å²) in [6.07, 6.45) is 1.13. The van der Waals surface area contributed by atoms with Crippen LogP contribution in [0.4, 0.5) is 0 Å². The highest BCUT2D eigenvalue weighted by Gasteiger charge is 2.28. The van der Waals surface area contributed by atoms with Gasteiger partial charge >= 0.3 is 0 Å². The van der Waals surface area contributed by atoms with E-state index in [1.54, 1.807) is 7.11 Å². The molecule has 4 rings (SSSR count). The number of fused-ring (bicyclic) bond motifs is 3. The number of methoxy groups -OCH3 is 1. The Hall–Kier alpha value is -2.26. The van der Waals surface area contributed by atoms with E-state index < -0.39 is 0 Å². The molecule has 0 saturated heterocycles. The fourth-order valence-electron chi connectivity index (χ4n) is 3.38. The maximum absolute atomic E-state index is 5.26. The monoisotopic (exact) mass is 279 g/mol. The summed E-state index contributed by atoms with van der Waals surface area (Å²) in [6.45, 7) is 1.13. The fraction of sp³-hybridized carbons (Fsp3) is 0.222. The third-order valence-corrected chi connectivity index (χ3v) is 4.43. The molecule has 1 aliphatic heterocycles. The van der Waals surface area contributed by atoms with Crippen LogP contribution in [0.1, 0.15) is 22.9 Å². The number of quaternary nitrogens is 1. The summed E-state index contributed by atoms with van der Waals surface area (Å²) >= 11 is 0. The summed E-state index contributed by atoms with van der Waals surface area (Å²) < 4.78 is 5.26. The first-order valence-corrected chi connectivity index (χ1v) is 7.43. The van der Waals surface area contributed by atoms with Gasteiger partial charge in [0.1, 0.15) is 5.75 Å². The molecule has 0 saturated carbocycles. The van der Waals surface area contributed by atoms with Gasteiger partial charge in [-0.15, -0.1) is 0 Å². The molecule has 0 spiro atoms. The zero-order chi connectivity index (χ0) is 14.2. The molecule has 3 aromatic rings. The van der Waals surface area contributed by atoms with Gasteiger partial charge < -0.3 is 15.0 Å². The van der Waals surface area contributed by atoms with Crippen LogP contribution < -0.4 is 10.1 Å². The molecular formula is C18H19N2O+. The first kappa shape index (κ1) is 12.5. The van der Waals surface area contributed by atoms with Crippen molar-refractivity contribution in [2.24, 2.45) is 0 Å². The molecule has 1 aromatic heterocycles. The minimum Gasteiger partial charge on any atom is -0.497 e. The highest BCUT2D eigenvalue weighted by atomic mass is 16.5. The first-order valence-electron chi connectivity index (χ1n) is 7.43. The van der Waals surface area contributed by atoms with E-state index in [0.717, 1.165) is 18.7 Å². The molecule has 3 N–H and O–H groups in total. The van der Waals surface area contributed by atoms with Gasteiger partial charge in [-0.25, -0.2) is 0 Å². The lowest BCUT2D eigenvalue weighted by molar-refractivity contribution is -0.690. The average molecular weight is 279 g/mol. The van der Waals surface area contributed by atoms with E-state index in [-0.39, 0.29) is 0 Å². The molecule has 2 heterocycles. The van der Waals surface area contributed by atoms with Crippen LogP contribution in [0.25, 0.3) is 10.9 Å². The Morgan fingerprint density at radius 2 is 1.90 bits per heavy atom. The minimum atomic E-state index is 0.354. The molecule has 2 aromatic carbocycles. The Bertz CT molecular complexity index is 774. The van der Waals surface area contributed by atoms with Crippen molar-refractivity contribution in [1.29, 1.82) is 0 Å². The predicted octanol–water partition coefficient (Wildman–Crippen LogP) is 2.39. The molecular weight excluding hydrogens is 260 g/mol. The van der Waals surface area contributed by atoms with Gasteiger partial charge in [0.25, 0.3) is 0 Å². The number of para-hydroxylation sites is 1. The van der Waals surface area contributed by atoms with E-state index in [1.165, 1.54) is 27.7 Å². The second-order valence-electron chi connectivity index (χ2n) is 5.59. The van der Waals surface area contributed by atoms with E-state index >= 15 is 0 Å². The molecule has 0 bridgehead atoms. The van der Waals surface area contributed by atoms with Crippen molar-refractivity contribution in [3.8, 4) is 5.75 Å². The number of ether oxygens (including phenoxy) is 1. The van der Waals surface area contributed by atoms with Gasteiger partial charge in [-0.05, 0) is 35.9 Å². The number of aromatic nitrogens is 1. The summed E-state index contributed by atoms with van der Waals surface area (Å²) in [5.74, 6) is 0.909. The van der Waals surface area contributed by atoms with Gasteiger partial charge in [-0.1, -0.05) is 18.2 Å². The van der Waals surface area contributed by atoms with Crippen LogP contribution in [-0.2, 0) is 6.42 Å². The molecule has 1 atom stereocenters. The van der Waals surface area contributed by atoms with Gasteiger partial charge in [0, 0.05) is 22.9 Å². The third-order valence-electron chi connectivity index (χ3n) is 4.43. The second kappa shape index (κ2) is 4.93. The van der Waals surface area contributed by atoms with Gasteiger partial charge in [0.2, 0.25) is 0 Å². The smallest absolute Gasteiger partial charge is 0.153 e. The average Bonchev–Trinajstić information content (AvgIpc) is 2.94. The summed E-state index contributed by atoms with van der Waals surface area (Å²) in [7, 11) is 1.71. The number of nitrogens with one attached hydrogen (secondary N) is 1. The first-order chi connectivity index (χ1) is 10.4. The molecule has 1 aliphatic rings. The topological polar surface area (TPSA) is 41.6 Å². The number of aromatic amines is 1. The van der Waals surface area contributed by atoms with Gasteiger partial charge in [0.05, 0.1) is 19.3 Å². The van der Waals surface area contributed by atoms with Crippen LogP contribution in [0.15, 0.2) is 48.5 Å². The van der Waals surface area contributed by atoms with Crippen molar-refractivity contribution in [3.63, 3.8) is 0 Å². The molecule has 0 radical (unpaired) electrons. The minimum absolute atomic E-state index is 0.354. The predicted molar refractivity (Wildman–Crippen MR) is 83.6 cm³/mol. The lowest BCUT2D eigenvalue weighted by atomic mass is 9.94. The normalized spacial score (nSPS) is 17.7. The highest BCUT2D eigenvalue weighted by Crippen LogP contribution is 2.31. The van der Waals surface area contributed by atoms with Crippen molar-refractivity contribution in [2.45, 2.75) is 12.5 Å². The number of nitrogens with two attached hydrogens (primary N) is 1. The summed E-state index contributed by atoms with van der Waals surface area (Å²) in [4.78, 5) is 3.63. The van der Waals surface area contributed by atoms with E-state index in [2.05, 4.69) is 46.7 Å². The third kappa shape index (κ3) is 2.01. The maximum atomic E-state index is 5.26. The standard InChI is InChI=1S/C18H18N2O/c1-21-13-8-6-12(7-9-13)17-18-15(10-11-19-17)14-4-2-3-5-16(14)20-18/h2-9,17,19-20H,10-11H2,1H3/p+1. The van der Waals surface area contributed by atoms with Crippen LogP contribution in [0.2, 0.25) is 0 Å². The lowest BCUT2D eigenvalue weighted by Gasteiger charge is -2.21. The summed E-state index contributed by atoms with van der Waals surface area (Å²) in [6, 6.07) is 17.4. The van der Waals surface area contributed by atoms with Crippen LogP contribution in [0, 0.1) is 0 Å².